The first kappa shape index (κ1) is 10.2. The summed E-state index contributed by atoms with van der Waals surface area (Å²) in [5.41, 5.74) is 0.873. The molecule has 0 spiro atoms. The van der Waals surface area contributed by atoms with Gasteiger partial charge in [0.15, 0.2) is 11.5 Å². The molecular weight excluding hydrogens is 204 g/mol. The average Bonchev–Trinajstić information content (AvgIpc) is 2.49. The summed E-state index contributed by atoms with van der Waals surface area (Å²) >= 11 is 0. The molecule has 5 heteroatoms. The van der Waals surface area contributed by atoms with Gasteiger partial charge < -0.3 is 14.8 Å². The third-order valence-electron chi connectivity index (χ3n) is 2.36. The van der Waals surface area contributed by atoms with Gasteiger partial charge in [-0.3, -0.25) is 0 Å². The van der Waals surface area contributed by atoms with Gasteiger partial charge in [-0.05, 0) is 31.7 Å². The monoisotopic (exact) mass is 215 g/mol. The molecule has 0 unspecified atom stereocenters. The molecule has 1 aliphatic heterocycles. The van der Waals surface area contributed by atoms with Crippen molar-refractivity contribution in [2.24, 2.45) is 0 Å². The van der Waals surface area contributed by atoms with Gasteiger partial charge in [-0.2, -0.15) is 0 Å². The fourth-order valence-electron chi connectivity index (χ4n) is 1.40. The van der Waals surface area contributed by atoms with Crippen molar-refractivity contribution in [1.29, 1.82) is 0 Å². The van der Waals surface area contributed by atoms with Gasteiger partial charge in [0.05, 0.1) is 0 Å². The molecule has 0 aromatic heterocycles. The Balaban J connectivity index is 2.30. The maximum absolute atomic E-state index is 12.7. The molecule has 0 radical (unpaired) electrons. The highest BCUT2D eigenvalue weighted by Crippen LogP contribution is 2.41. The fourth-order valence-corrected chi connectivity index (χ4v) is 1.40. The second-order valence-corrected chi connectivity index (χ2v) is 3.38. The van der Waals surface area contributed by atoms with Crippen LogP contribution in [0.15, 0.2) is 18.2 Å². The van der Waals surface area contributed by atoms with E-state index in [1.54, 1.807) is 19.2 Å². The van der Waals surface area contributed by atoms with Crippen molar-refractivity contribution in [2.75, 3.05) is 7.05 Å². The minimum Gasteiger partial charge on any atom is -0.395 e. The highest BCUT2D eigenvalue weighted by molar-refractivity contribution is 5.45. The molecule has 82 valence electrons. The average molecular weight is 215 g/mol. The lowest BCUT2D eigenvalue weighted by atomic mass is 10.1. The smallest absolute Gasteiger partial charge is 0.395 e. The van der Waals surface area contributed by atoms with Crippen LogP contribution in [-0.4, -0.2) is 13.3 Å². The number of alkyl halides is 2. The first-order valence-electron chi connectivity index (χ1n) is 4.59. The molecule has 3 nitrogen and oxygen atoms in total. The number of fused-ring (bicyclic) bond motifs is 1. The summed E-state index contributed by atoms with van der Waals surface area (Å²) < 4.78 is 34.0. The lowest BCUT2D eigenvalue weighted by Crippen LogP contribution is -2.25. The normalized spacial score (nSPS) is 18.9. The van der Waals surface area contributed by atoms with Crippen molar-refractivity contribution in [3.63, 3.8) is 0 Å². The van der Waals surface area contributed by atoms with E-state index in [9.17, 15) is 8.78 Å². The minimum absolute atomic E-state index is 0.0760. The van der Waals surface area contributed by atoms with Gasteiger partial charge >= 0.3 is 6.29 Å². The van der Waals surface area contributed by atoms with Crippen LogP contribution in [0.4, 0.5) is 8.78 Å². The second kappa shape index (κ2) is 3.34. The highest BCUT2D eigenvalue weighted by atomic mass is 19.3. The Kier molecular flexibility index (Phi) is 2.26. The Hall–Kier alpha value is -1.36. The van der Waals surface area contributed by atoms with Crippen LogP contribution < -0.4 is 14.8 Å². The van der Waals surface area contributed by atoms with Crippen LogP contribution in [-0.2, 0) is 0 Å². The fraction of sp³-hybridized carbons (Fsp3) is 0.400. The van der Waals surface area contributed by atoms with E-state index >= 15 is 0 Å². The van der Waals surface area contributed by atoms with E-state index in [0.717, 1.165) is 5.56 Å². The van der Waals surface area contributed by atoms with Gasteiger partial charge in [-0.15, -0.1) is 8.78 Å². The molecular formula is C10H11F2NO2. The van der Waals surface area contributed by atoms with E-state index in [4.69, 9.17) is 0 Å². The van der Waals surface area contributed by atoms with Crippen LogP contribution in [0.3, 0.4) is 0 Å². The number of ether oxygens (including phenoxy) is 2. The van der Waals surface area contributed by atoms with Gasteiger partial charge in [-0.25, -0.2) is 0 Å². The lowest BCUT2D eigenvalue weighted by Gasteiger charge is -2.10. The molecule has 0 bridgehead atoms. The van der Waals surface area contributed by atoms with E-state index in [0.29, 0.717) is 0 Å². The molecule has 15 heavy (non-hydrogen) atoms. The Morgan fingerprint density at radius 1 is 1.27 bits per heavy atom. The van der Waals surface area contributed by atoms with Gasteiger partial charge in [0, 0.05) is 6.04 Å². The molecule has 1 atom stereocenters. The molecule has 1 aromatic carbocycles. The predicted molar refractivity (Wildman–Crippen MR) is 50.1 cm³/mol. The molecule has 2 rings (SSSR count). The van der Waals surface area contributed by atoms with Gasteiger partial charge in [-0.1, -0.05) is 6.07 Å². The lowest BCUT2D eigenvalue weighted by molar-refractivity contribution is -0.286. The number of benzene rings is 1. The van der Waals surface area contributed by atoms with E-state index < -0.39 is 6.29 Å². The van der Waals surface area contributed by atoms with E-state index in [1.807, 2.05) is 6.92 Å². The van der Waals surface area contributed by atoms with Crippen molar-refractivity contribution >= 4 is 0 Å². The Labute approximate surface area is 86.0 Å². The minimum atomic E-state index is -3.54. The number of nitrogens with one attached hydrogen (secondary N) is 1. The van der Waals surface area contributed by atoms with E-state index in [-0.39, 0.29) is 17.5 Å². The quantitative estimate of drug-likeness (QED) is 0.821. The molecule has 1 aliphatic rings. The van der Waals surface area contributed by atoms with Crippen LogP contribution in [0.25, 0.3) is 0 Å². The summed E-state index contributed by atoms with van der Waals surface area (Å²) in [6.07, 6.45) is -3.54. The summed E-state index contributed by atoms with van der Waals surface area (Å²) in [6, 6.07) is 4.84. The standard InChI is InChI=1S/C10H11F2NO2/c1-6(13-2)7-3-4-8-9(5-7)15-10(11,12)14-8/h3-6,13H,1-2H3/t6-/m1/s1. The number of rotatable bonds is 2. The van der Waals surface area contributed by atoms with Crippen LogP contribution in [0.1, 0.15) is 18.5 Å². The van der Waals surface area contributed by atoms with Gasteiger partial charge in [0.25, 0.3) is 0 Å². The zero-order valence-corrected chi connectivity index (χ0v) is 8.38. The Morgan fingerprint density at radius 2 is 1.93 bits per heavy atom. The largest absolute Gasteiger partial charge is 0.586 e. The number of halogens is 2. The van der Waals surface area contributed by atoms with Crippen molar-refractivity contribution < 1.29 is 18.3 Å². The van der Waals surface area contributed by atoms with Crippen LogP contribution in [0, 0.1) is 0 Å². The summed E-state index contributed by atoms with van der Waals surface area (Å²) in [5.74, 6) is 0.159. The maximum atomic E-state index is 12.7. The van der Waals surface area contributed by atoms with Crippen LogP contribution in [0.5, 0.6) is 11.5 Å². The van der Waals surface area contributed by atoms with Gasteiger partial charge in [0.2, 0.25) is 0 Å². The third-order valence-corrected chi connectivity index (χ3v) is 2.36. The summed E-state index contributed by atoms with van der Waals surface area (Å²) in [5, 5.41) is 3.01. The third kappa shape index (κ3) is 1.87. The first-order chi connectivity index (χ1) is 7.02. The SMILES string of the molecule is CN[C@H](C)c1ccc2c(c1)OC(F)(F)O2. The number of hydrogen-bond acceptors (Lipinski definition) is 3. The van der Waals surface area contributed by atoms with Crippen molar-refractivity contribution in [1.82, 2.24) is 5.32 Å². The zero-order valence-electron chi connectivity index (χ0n) is 8.38. The molecule has 1 aromatic rings. The van der Waals surface area contributed by atoms with Gasteiger partial charge in [0.1, 0.15) is 0 Å². The molecule has 1 heterocycles. The highest BCUT2D eigenvalue weighted by Gasteiger charge is 2.43. The molecule has 0 aliphatic carbocycles. The maximum Gasteiger partial charge on any atom is 0.586 e. The van der Waals surface area contributed by atoms with Crippen molar-refractivity contribution in [2.45, 2.75) is 19.3 Å². The summed E-state index contributed by atoms with van der Waals surface area (Å²) in [7, 11) is 1.80. The summed E-state index contributed by atoms with van der Waals surface area (Å²) in [4.78, 5) is 0. The van der Waals surface area contributed by atoms with E-state index in [1.165, 1.54) is 6.07 Å². The molecule has 0 saturated carbocycles. The summed E-state index contributed by atoms with van der Waals surface area (Å²) in [6.45, 7) is 1.93. The van der Waals surface area contributed by atoms with Crippen LogP contribution in [0.2, 0.25) is 0 Å². The Bertz CT molecular complexity index is 382. The second-order valence-electron chi connectivity index (χ2n) is 3.38. The van der Waals surface area contributed by atoms with Crippen molar-refractivity contribution in [3.05, 3.63) is 23.8 Å². The molecule has 1 N–H and O–H groups in total. The van der Waals surface area contributed by atoms with Crippen molar-refractivity contribution in [3.8, 4) is 11.5 Å². The molecule has 0 saturated heterocycles. The predicted octanol–water partition coefficient (Wildman–Crippen LogP) is 2.29. The topological polar surface area (TPSA) is 30.5 Å². The first-order valence-corrected chi connectivity index (χ1v) is 4.59. The molecule has 0 amide bonds. The molecule has 0 fully saturated rings. The zero-order chi connectivity index (χ0) is 11.1. The van der Waals surface area contributed by atoms with E-state index in [2.05, 4.69) is 14.8 Å². The Morgan fingerprint density at radius 3 is 2.60 bits per heavy atom. The van der Waals surface area contributed by atoms with Crippen LogP contribution >= 0.6 is 0 Å². The number of hydrogen-bond donors (Lipinski definition) is 1.